The standard InChI is InChI=1S/C35H25NO2/c37-35-32(23-33-31-13-7-6-9-25(31)17-21-34(33)38-35)26-15-18-29(19-16-26)36(28-11-2-1-3-12-28)30-20-14-24-8-4-5-10-27(24)22-30/h1-4,6-9,11-23H,5,10H2. The fourth-order valence-corrected chi connectivity index (χ4v) is 5.45. The molecule has 1 heterocycles. The van der Waals surface area contributed by atoms with E-state index in [-0.39, 0.29) is 5.63 Å². The maximum Gasteiger partial charge on any atom is 0.344 e. The van der Waals surface area contributed by atoms with Gasteiger partial charge in [-0.15, -0.1) is 0 Å². The van der Waals surface area contributed by atoms with Crippen molar-refractivity contribution in [3.63, 3.8) is 0 Å². The van der Waals surface area contributed by atoms with Crippen molar-refractivity contribution in [1.29, 1.82) is 0 Å². The first-order chi connectivity index (χ1) is 18.7. The average molecular weight is 492 g/mol. The van der Waals surface area contributed by atoms with Gasteiger partial charge in [0, 0.05) is 22.4 Å². The van der Waals surface area contributed by atoms with Gasteiger partial charge in [0.25, 0.3) is 0 Å². The lowest BCUT2D eigenvalue weighted by atomic mass is 9.96. The van der Waals surface area contributed by atoms with Crippen LogP contribution in [0.15, 0.2) is 131 Å². The summed E-state index contributed by atoms with van der Waals surface area (Å²) in [5.41, 5.74) is 7.56. The molecular formula is C35H25NO2. The lowest BCUT2D eigenvalue weighted by molar-refractivity contribution is 0.564. The molecule has 1 aliphatic rings. The molecule has 0 saturated carbocycles. The van der Waals surface area contributed by atoms with Gasteiger partial charge in [0.15, 0.2) is 0 Å². The summed E-state index contributed by atoms with van der Waals surface area (Å²) in [4.78, 5) is 15.2. The predicted molar refractivity (Wildman–Crippen MR) is 157 cm³/mol. The monoisotopic (exact) mass is 491 g/mol. The summed E-state index contributed by atoms with van der Waals surface area (Å²) in [5.74, 6) is 0. The van der Waals surface area contributed by atoms with Crippen LogP contribution in [-0.2, 0) is 6.42 Å². The number of allylic oxidation sites excluding steroid dienone is 1. The van der Waals surface area contributed by atoms with Crippen LogP contribution in [-0.4, -0.2) is 0 Å². The Labute approximate surface area is 220 Å². The summed E-state index contributed by atoms with van der Waals surface area (Å²) in [5, 5.41) is 3.13. The fraction of sp³-hybridized carbons (Fsp3) is 0.0571. The van der Waals surface area contributed by atoms with E-state index in [1.165, 1.54) is 11.1 Å². The zero-order valence-corrected chi connectivity index (χ0v) is 20.8. The number of aryl methyl sites for hydroxylation is 1. The molecule has 0 bridgehead atoms. The number of para-hydroxylation sites is 1. The first-order valence-corrected chi connectivity index (χ1v) is 13.0. The van der Waals surface area contributed by atoms with E-state index >= 15 is 0 Å². The molecular weight excluding hydrogens is 466 g/mol. The first kappa shape index (κ1) is 22.3. The van der Waals surface area contributed by atoms with Crippen molar-refractivity contribution in [2.24, 2.45) is 0 Å². The lowest BCUT2D eigenvalue weighted by Crippen LogP contribution is -2.11. The molecule has 5 aromatic carbocycles. The molecule has 7 rings (SSSR count). The Balaban J connectivity index is 1.33. The van der Waals surface area contributed by atoms with Crippen LogP contribution in [0.4, 0.5) is 17.1 Å². The number of fused-ring (bicyclic) bond motifs is 4. The van der Waals surface area contributed by atoms with Crippen LogP contribution < -0.4 is 10.5 Å². The molecule has 0 spiro atoms. The van der Waals surface area contributed by atoms with Gasteiger partial charge < -0.3 is 9.32 Å². The van der Waals surface area contributed by atoms with Gasteiger partial charge in [-0.1, -0.05) is 78.9 Å². The van der Waals surface area contributed by atoms with E-state index in [4.69, 9.17) is 4.42 Å². The third-order valence-corrected chi connectivity index (χ3v) is 7.36. The fourth-order valence-electron chi connectivity index (χ4n) is 5.45. The SMILES string of the molecule is O=c1oc2ccc3ccccc3c2cc1-c1ccc(N(c2ccccc2)c2ccc3c(c2)CCC=C3)cc1. The summed E-state index contributed by atoms with van der Waals surface area (Å²) in [6.45, 7) is 0. The molecule has 3 nitrogen and oxygen atoms in total. The molecule has 0 unspecified atom stereocenters. The van der Waals surface area contributed by atoms with Gasteiger partial charge in [0.1, 0.15) is 5.58 Å². The number of anilines is 3. The molecule has 0 saturated heterocycles. The van der Waals surface area contributed by atoms with Crippen molar-refractivity contribution in [2.45, 2.75) is 12.8 Å². The van der Waals surface area contributed by atoms with Gasteiger partial charge in [-0.25, -0.2) is 4.79 Å². The Morgan fingerprint density at radius 3 is 2.29 bits per heavy atom. The summed E-state index contributed by atoms with van der Waals surface area (Å²) >= 11 is 0. The topological polar surface area (TPSA) is 33.5 Å². The van der Waals surface area contributed by atoms with Gasteiger partial charge in [0.05, 0.1) is 5.56 Å². The molecule has 182 valence electrons. The van der Waals surface area contributed by atoms with Crippen molar-refractivity contribution in [2.75, 3.05) is 4.90 Å². The van der Waals surface area contributed by atoms with Crippen molar-refractivity contribution >= 4 is 44.9 Å². The highest BCUT2D eigenvalue weighted by Gasteiger charge is 2.16. The highest BCUT2D eigenvalue weighted by Crippen LogP contribution is 2.37. The minimum atomic E-state index is -0.330. The minimum absolute atomic E-state index is 0.330. The number of nitrogens with zero attached hydrogens (tertiary/aromatic N) is 1. The van der Waals surface area contributed by atoms with Gasteiger partial charge in [-0.3, -0.25) is 0 Å². The van der Waals surface area contributed by atoms with Gasteiger partial charge in [-0.2, -0.15) is 0 Å². The number of hydrogen-bond acceptors (Lipinski definition) is 3. The van der Waals surface area contributed by atoms with Gasteiger partial charge >= 0.3 is 5.63 Å². The zero-order chi connectivity index (χ0) is 25.5. The zero-order valence-electron chi connectivity index (χ0n) is 20.8. The summed E-state index contributed by atoms with van der Waals surface area (Å²) in [7, 11) is 0. The van der Waals surface area contributed by atoms with E-state index in [0.29, 0.717) is 11.1 Å². The largest absolute Gasteiger partial charge is 0.422 e. The molecule has 1 aliphatic carbocycles. The van der Waals surface area contributed by atoms with E-state index in [1.54, 1.807) is 0 Å². The van der Waals surface area contributed by atoms with E-state index < -0.39 is 0 Å². The summed E-state index contributed by atoms with van der Waals surface area (Å²) < 4.78 is 5.75. The second kappa shape index (κ2) is 9.20. The maximum absolute atomic E-state index is 13.0. The highest BCUT2D eigenvalue weighted by molar-refractivity contribution is 6.06. The lowest BCUT2D eigenvalue weighted by Gasteiger charge is -2.27. The molecule has 0 radical (unpaired) electrons. The van der Waals surface area contributed by atoms with E-state index in [2.05, 4.69) is 83.8 Å². The maximum atomic E-state index is 13.0. The number of rotatable bonds is 4. The molecule has 1 aromatic heterocycles. The van der Waals surface area contributed by atoms with Crippen LogP contribution >= 0.6 is 0 Å². The van der Waals surface area contributed by atoms with Crippen LogP contribution in [0.25, 0.3) is 38.9 Å². The first-order valence-electron chi connectivity index (χ1n) is 13.0. The van der Waals surface area contributed by atoms with Crippen molar-refractivity contribution < 1.29 is 4.42 Å². The van der Waals surface area contributed by atoms with E-state index in [1.807, 2.05) is 48.5 Å². The molecule has 38 heavy (non-hydrogen) atoms. The van der Waals surface area contributed by atoms with E-state index in [0.717, 1.165) is 51.6 Å². The Hall–Kier alpha value is -4.89. The minimum Gasteiger partial charge on any atom is -0.422 e. The second-order valence-corrected chi connectivity index (χ2v) is 9.69. The third-order valence-electron chi connectivity index (χ3n) is 7.36. The normalized spacial score (nSPS) is 12.5. The average Bonchev–Trinajstić information content (AvgIpc) is 2.98. The number of hydrogen-bond donors (Lipinski definition) is 0. The molecule has 3 heteroatoms. The van der Waals surface area contributed by atoms with Crippen molar-refractivity contribution in [3.05, 3.63) is 143 Å². The second-order valence-electron chi connectivity index (χ2n) is 9.69. The van der Waals surface area contributed by atoms with Crippen molar-refractivity contribution in [3.8, 4) is 11.1 Å². The van der Waals surface area contributed by atoms with E-state index in [9.17, 15) is 4.79 Å². The van der Waals surface area contributed by atoms with Crippen molar-refractivity contribution in [1.82, 2.24) is 0 Å². The Morgan fingerprint density at radius 1 is 0.658 bits per heavy atom. The molecule has 0 amide bonds. The molecule has 6 aromatic rings. The quantitative estimate of drug-likeness (QED) is 0.182. The van der Waals surface area contributed by atoms with Crippen LogP contribution in [0, 0.1) is 0 Å². The third kappa shape index (κ3) is 3.89. The van der Waals surface area contributed by atoms with Gasteiger partial charge in [-0.05, 0) is 88.8 Å². The highest BCUT2D eigenvalue weighted by atomic mass is 16.4. The predicted octanol–water partition coefficient (Wildman–Crippen LogP) is 9.04. The molecule has 0 fully saturated rings. The van der Waals surface area contributed by atoms with Crippen LogP contribution in [0.3, 0.4) is 0 Å². The van der Waals surface area contributed by atoms with Gasteiger partial charge in [0.2, 0.25) is 0 Å². The smallest absolute Gasteiger partial charge is 0.344 e. The molecule has 0 atom stereocenters. The Morgan fingerprint density at radius 2 is 1.42 bits per heavy atom. The Bertz CT molecular complexity index is 1880. The summed E-state index contributed by atoms with van der Waals surface area (Å²) in [6.07, 6.45) is 6.57. The molecule has 0 aliphatic heterocycles. The van der Waals surface area contributed by atoms with Crippen LogP contribution in [0.1, 0.15) is 17.5 Å². The Kier molecular flexibility index (Phi) is 5.41. The van der Waals surface area contributed by atoms with Crippen LogP contribution in [0.2, 0.25) is 0 Å². The number of benzene rings is 5. The summed E-state index contributed by atoms with van der Waals surface area (Å²) in [6, 6.07) is 39.2. The van der Waals surface area contributed by atoms with Crippen LogP contribution in [0.5, 0.6) is 0 Å². The molecule has 0 N–H and O–H groups in total.